The summed E-state index contributed by atoms with van der Waals surface area (Å²) in [7, 11) is 0. The molecule has 17 heavy (non-hydrogen) atoms. The number of aryl methyl sites for hydroxylation is 1. The summed E-state index contributed by atoms with van der Waals surface area (Å²) < 4.78 is 0. The minimum Gasteiger partial charge on any atom is -0.300 e. The van der Waals surface area contributed by atoms with Crippen molar-refractivity contribution in [3.63, 3.8) is 0 Å². The molecule has 0 spiro atoms. The first-order valence-corrected chi connectivity index (χ1v) is 6.28. The molecule has 98 valence electrons. The van der Waals surface area contributed by atoms with Crippen LogP contribution in [0, 0.1) is 6.92 Å². The van der Waals surface area contributed by atoms with Gasteiger partial charge in [-0.1, -0.05) is 64.4 Å². The molecule has 0 unspecified atom stereocenters. The topological polar surface area (TPSA) is 17.1 Å². The first-order valence-electron chi connectivity index (χ1n) is 6.28. The standard InChI is InChI=1S/C11H16.C3H6O.C2H6/c1-9-5-7-10(8-6-9)11(2,3)4;1-3(2)4;1-2/h5-8H,1-4H3;1-2H3;1-2H3. The van der Waals surface area contributed by atoms with Crippen molar-refractivity contribution in [1.29, 1.82) is 0 Å². The highest BCUT2D eigenvalue weighted by Crippen LogP contribution is 2.21. The number of carbonyl (C=O) groups is 1. The maximum Gasteiger partial charge on any atom is 0.126 e. The second kappa shape index (κ2) is 8.98. The lowest BCUT2D eigenvalue weighted by Gasteiger charge is -2.18. The number of hydrogen-bond acceptors (Lipinski definition) is 1. The summed E-state index contributed by atoms with van der Waals surface area (Å²) in [5.74, 6) is 0.167. The molecule has 0 N–H and O–H groups in total. The molecule has 0 atom stereocenters. The molecule has 0 saturated heterocycles. The molecule has 0 aromatic heterocycles. The van der Waals surface area contributed by atoms with Gasteiger partial charge >= 0.3 is 0 Å². The van der Waals surface area contributed by atoms with E-state index in [0.29, 0.717) is 0 Å². The Kier molecular flexibility index (Phi) is 9.64. The zero-order valence-electron chi connectivity index (χ0n) is 12.7. The van der Waals surface area contributed by atoms with Gasteiger partial charge in [0.15, 0.2) is 0 Å². The fourth-order valence-corrected chi connectivity index (χ4v) is 1.05. The van der Waals surface area contributed by atoms with Gasteiger partial charge < -0.3 is 4.79 Å². The smallest absolute Gasteiger partial charge is 0.126 e. The first kappa shape index (κ1) is 18.3. The van der Waals surface area contributed by atoms with Crippen molar-refractivity contribution >= 4 is 5.78 Å². The minimum absolute atomic E-state index is 0.167. The van der Waals surface area contributed by atoms with Crippen LogP contribution in [0.3, 0.4) is 0 Å². The van der Waals surface area contributed by atoms with Crippen LogP contribution in [0.4, 0.5) is 0 Å². The van der Waals surface area contributed by atoms with Crippen LogP contribution in [0.5, 0.6) is 0 Å². The fraction of sp³-hybridized carbons (Fsp3) is 0.562. The monoisotopic (exact) mass is 236 g/mol. The van der Waals surface area contributed by atoms with E-state index in [0.717, 1.165) is 0 Å². The Morgan fingerprint density at radius 2 is 1.24 bits per heavy atom. The molecular formula is C16H28O. The number of Topliss-reactive ketones (excluding diaryl/α,β-unsaturated/α-hetero) is 1. The van der Waals surface area contributed by atoms with Crippen molar-refractivity contribution in [1.82, 2.24) is 0 Å². The van der Waals surface area contributed by atoms with Crippen LogP contribution in [0.2, 0.25) is 0 Å². The van der Waals surface area contributed by atoms with Crippen LogP contribution >= 0.6 is 0 Å². The lowest BCUT2D eigenvalue weighted by Crippen LogP contribution is -2.10. The summed E-state index contributed by atoms with van der Waals surface area (Å²) in [6.45, 7) is 15.9. The third kappa shape index (κ3) is 11.2. The van der Waals surface area contributed by atoms with Gasteiger partial charge in [-0.25, -0.2) is 0 Å². The van der Waals surface area contributed by atoms with Gasteiger partial charge in [-0.3, -0.25) is 0 Å². The molecule has 1 aromatic carbocycles. The molecule has 0 aliphatic heterocycles. The second-order valence-electron chi connectivity index (χ2n) is 5.02. The summed E-state index contributed by atoms with van der Waals surface area (Å²) in [6, 6.07) is 8.74. The second-order valence-corrected chi connectivity index (χ2v) is 5.02. The lowest BCUT2D eigenvalue weighted by atomic mass is 9.87. The number of hydrogen-bond donors (Lipinski definition) is 0. The van der Waals surface area contributed by atoms with Crippen molar-refractivity contribution in [2.75, 3.05) is 0 Å². The average Bonchev–Trinajstić information content (AvgIpc) is 2.19. The number of ketones is 1. The number of carbonyl (C=O) groups excluding carboxylic acids is 1. The highest BCUT2D eigenvalue weighted by Gasteiger charge is 2.11. The Bertz CT molecular complexity index is 297. The van der Waals surface area contributed by atoms with Gasteiger partial charge in [0.2, 0.25) is 0 Å². The molecule has 1 aromatic rings. The predicted octanol–water partition coefficient (Wildman–Crippen LogP) is 4.91. The molecule has 0 bridgehead atoms. The van der Waals surface area contributed by atoms with Crippen LogP contribution in [0.25, 0.3) is 0 Å². The molecule has 0 saturated carbocycles. The van der Waals surface area contributed by atoms with Gasteiger partial charge in [-0.2, -0.15) is 0 Å². The van der Waals surface area contributed by atoms with Crippen molar-refractivity contribution < 1.29 is 4.79 Å². The van der Waals surface area contributed by atoms with Crippen LogP contribution in [-0.4, -0.2) is 5.78 Å². The fourth-order valence-electron chi connectivity index (χ4n) is 1.05. The van der Waals surface area contributed by atoms with E-state index in [4.69, 9.17) is 0 Å². The van der Waals surface area contributed by atoms with Crippen LogP contribution < -0.4 is 0 Å². The Balaban J connectivity index is 0. The Morgan fingerprint density at radius 1 is 0.941 bits per heavy atom. The Morgan fingerprint density at radius 3 is 1.47 bits per heavy atom. The van der Waals surface area contributed by atoms with E-state index in [-0.39, 0.29) is 11.2 Å². The molecule has 0 fully saturated rings. The largest absolute Gasteiger partial charge is 0.300 e. The van der Waals surface area contributed by atoms with Crippen molar-refractivity contribution in [2.45, 2.75) is 60.8 Å². The van der Waals surface area contributed by atoms with Gasteiger partial charge in [0.1, 0.15) is 5.78 Å². The Hall–Kier alpha value is -1.11. The SMILES string of the molecule is CC.CC(C)=O.Cc1ccc(C(C)(C)C)cc1. The molecule has 1 heteroatoms. The number of rotatable bonds is 0. The van der Waals surface area contributed by atoms with E-state index in [1.165, 1.54) is 25.0 Å². The van der Waals surface area contributed by atoms with Gasteiger partial charge in [0.05, 0.1) is 0 Å². The van der Waals surface area contributed by atoms with E-state index in [1.54, 1.807) is 0 Å². The van der Waals surface area contributed by atoms with E-state index in [2.05, 4.69) is 52.0 Å². The predicted molar refractivity (Wildman–Crippen MR) is 77.6 cm³/mol. The number of benzene rings is 1. The zero-order valence-corrected chi connectivity index (χ0v) is 12.7. The van der Waals surface area contributed by atoms with E-state index in [1.807, 2.05) is 13.8 Å². The van der Waals surface area contributed by atoms with Crippen LogP contribution in [0.1, 0.15) is 59.6 Å². The molecule has 0 amide bonds. The average molecular weight is 236 g/mol. The normalized spacial score (nSPS) is 9.41. The van der Waals surface area contributed by atoms with E-state index < -0.39 is 0 Å². The first-order chi connectivity index (χ1) is 7.73. The van der Waals surface area contributed by atoms with Crippen molar-refractivity contribution in [2.24, 2.45) is 0 Å². The molecule has 1 rings (SSSR count). The van der Waals surface area contributed by atoms with Gasteiger partial charge in [-0.15, -0.1) is 0 Å². The summed E-state index contributed by atoms with van der Waals surface area (Å²) in [4.78, 5) is 9.44. The van der Waals surface area contributed by atoms with Crippen LogP contribution in [-0.2, 0) is 10.2 Å². The molecule has 0 aliphatic rings. The lowest BCUT2D eigenvalue weighted by molar-refractivity contribution is -0.114. The van der Waals surface area contributed by atoms with Gasteiger partial charge in [0, 0.05) is 0 Å². The molecular weight excluding hydrogens is 208 g/mol. The Labute approximate surface area is 107 Å². The molecule has 1 nitrogen and oxygen atoms in total. The molecule has 0 heterocycles. The quantitative estimate of drug-likeness (QED) is 0.625. The van der Waals surface area contributed by atoms with Crippen molar-refractivity contribution in [3.8, 4) is 0 Å². The van der Waals surface area contributed by atoms with E-state index >= 15 is 0 Å². The highest BCUT2D eigenvalue weighted by atomic mass is 16.1. The van der Waals surface area contributed by atoms with E-state index in [9.17, 15) is 4.79 Å². The molecule has 0 aliphatic carbocycles. The van der Waals surface area contributed by atoms with Crippen LogP contribution in [0.15, 0.2) is 24.3 Å². The maximum absolute atomic E-state index is 9.44. The highest BCUT2D eigenvalue weighted by molar-refractivity contribution is 5.72. The third-order valence-corrected chi connectivity index (χ3v) is 1.92. The van der Waals surface area contributed by atoms with Crippen molar-refractivity contribution in [3.05, 3.63) is 35.4 Å². The van der Waals surface area contributed by atoms with Gasteiger partial charge in [-0.05, 0) is 31.7 Å². The summed E-state index contributed by atoms with van der Waals surface area (Å²) in [5, 5.41) is 0. The van der Waals surface area contributed by atoms with Gasteiger partial charge in [0.25, 0.3) is 0 Å². The maximum atomic E-state index is 9.44. The third-order valence-electron chi connectivity index (χ3n) is 1.92. The summed E-state index contributed by atoms with van der Waals surface area (Å²) in [5.41, 5.74) is 3.02. The summed E-state index contributed by atoms with van der Waals surface area (Å²) >= 11 is 0. The summed E-state index contributed by atoms with van der Waals surface area (Å²) in [6.07, 6.45) is 0. The molecule has 0 radical (unpaired) electrons. The minimum atomic E-state index is 0.167. The zero-order chi connectivity index (χ0) is 14.1.